The Hall–Kier alpha value is -2.28. The first kappa shape index (κ1) is 22.0. The highest BCUT2D eigenvalue weighted by Crippen LogP contribution is 2.30. The Labute approximate surface area is 172 Å². The number of ether oxygens (including phenoxy) is 2. The van der Waals surface area contributed by atoms with Crippen molar-refractivity contribution in [1.82, 2.24) is 10.2 Å². The third-order valence-corrected chi connectivity index (χ3v) is 4.66. The lowest BCUT2D eigenvalue weighted by Crippen LogP contribution is -2.48. The minimum Gasteiger partial charge on any atom is -0.496 e. The van der Waals surface area contributed by atoms with Gasteiger partial charge in [-0.3, -0.25) is 9.69 Å². The largest absolute Gasteiger partial charge is 0.496 e. The molecule has 3 rings (SSSR count). The average Bonchev–Trinajstić information content (AvgIpc) is 2.70. The fourth-order valence-corrected chi connectivity index (χ4v) is 3.41. The lowest BCUT2D eigenvalue weighted by Gasteiger charge is -2.36. The Bertz CT molecular complexity index is 772. The number of carbonyl (C=O) groups is 1. The van der Waals surface area contributed by atoms with Crippen LogP contribution in [0.5, 0.6) is 11.5 Å². The monoisotopic (exact) mass is 405 g/mol. The number of piperazine rings is 1. The molecule has 1 saturated heterocycles. The first-order chi connectivity index (χ1) is 13.2. The SMILES string of the molecule is CCOc1ccccc1NC(=O)CN1CCNCC1c1ccccc1OC.Cl. The van der Waals surface area contributed by atoms with Crippen molar-refractivity contribution in [2.75, 3.05) is 45.2 Å². The molecule has 28 heavy (non-hydrogen) atoms. The van der Waals surface area contributed by atoms with Crippen LogP contribution in [0, 0.1) is 0 Å². The molecular formula is C21H28ClN3O3. The Balaban J connectivity index is 0.00000280. The number of nitrogens with one attached hydrogen (secondary N) is 2. The zero-order valence-corrected chi connectivity index (χ0v) is 17.1. The fraction of sp³-hybridized carbons (Fsp3) is 0.381. The van der Waals surface area contributed by atoms with Crippen LogP contribution in [-0.4, -0.2) is 50.7 Å². The highest BCUT2D eigenvalue weighted by molar-refractivity contribution is 5.93. The maximum Gasteiger partial charge on any atom is 0.238 e. The maximum atomic E-state index is 12.7. The van der Waals surface area contributed by atoms with E-state index >= 15 is 0 Å². The lowest BCUT2D eigenvalue weighted by atomic mass is 10.0. The second kappa shape index (κ2) is 10.9. The Kier molecular flexibility index (Phi) is 8.57. The summed E-state index contributed by atoms with van der Waals surface area (Å²) in [4.78, 5) is 14.9. The van der Waals surface area contributed by atoms with Gasteiger partial charge in [-0.2, -0.15) is 0 Å². The van der Waals surface area contributed by atoms with Crippen LogP contribution in [0.1, 0.15) is 18.5 Å². The van der Waals surface area contributed by atoms with Gasteiger partial charge in [0.2, 0.25) is 5.91 Å². The molecule has 1 atom stereocenters. The van der Waals surface area contributed by atoms with E-state index in [-0.39, 0.29) is 24.4 Å². The van der Waals surface area contributed by atoms with Crippen molar-refractivity contribution in [3.05, 3.63) is 54.1 Å². The van der Waals surface area contributed by atoms with Crippen molar-refractivity contribution in [3.8, 4) is 11.5 Å². The number of hydrogen-bond acceptors (Lipinski definition) is 5. The summed E-state index contributed by atoms with van der Waals surface area (Å²) in [5.74, 6) is 1.48. The third-order valence-electron chi connectivity index (χ3n) is 4.66. The molecule has 0 aromatic heterocycles. The predicted molar refractivity (Wildman–Crippen MR) is 114 cm³/mol. The molecule has 2 N–H and O–H groups in total. The molecule has 2 aromatic carbocycles. The number of benzene rings is 2. The van der Waals surface area contributed by atoms with E-state index in [4.69, 9.17) is 9.47 Å². The molecule has 1 amide bonds. The van der Waals surface area contributed by atoms with E-state index < -0.39 is 0 Å². The van der Waals surface area contributed by atoms with Gasteiger partial charge >= 0.3 is 0 Å². The molecule has 0 radical (unpaired) electrons. The van der Waals surface area contributed by atoms with Crippen LogP contribution in [0.25, 0.3) is 0 Å². The van der Waals surface area contributed by atoms with Gasteiger partial charge in [-0.25, -0.2) is 0 Å². The van der Waals surface area contributed by atoms with Crippen LogP contribution in [0.2, 0.25) is 0 Å². The van der Waals surface area contributed by atoms with Gasteiger partial charge in [0.1, 0.15) is 11.5 Å². The standard InChI is InChI=1S/C21H27N3O3.ClH/c1-3-27-20-11-7-5-9-17(20)23-21(25)15-24-13-12-22-14-18(24)16-8-4-6-10-19(16)26-2;/h4-11,18,22H,3,12-15H2,1-2H3,(H,23,25);1H. The second-order valence-corrected chi connectivity index (χ2v) is 6.41. The highest BCUT2D eigenvalue weighted by atomic mass is 35.5. The van der Waals surface area contributed by atoms with Gasteiger partial charge in [-0.1, -0.05) is 30.3 Å². The van der Waals surface area contributed by atoms with Crippen molar-refractivity contribution >= 4 is 24.0 Å². The first-order valence-corrected chi connectivity index (χ1v) is 9.32. The molecule has 0 bridgehead atoms. The summed E-state index contributed by atoms with van der Waals surface area (Å²) in [6.07, 6.45) is 0. The topological polar surface area (TPSA) is 62.8 Å². The van der Waals surface area contributed by atoms with Crippen LogP contribution in [0.15, 0.2) is 48.5 Å². The van der Waals surface area contributed by atoms with Crippen LogP contribution in [0.4, 0.5) is 5.69 Å². The van der Waals surface area contributed by atoms with Gasteiger partial charge in [0.05, 0.1) is 32.0 Å². The summed E-state index contributed by atoms with van der Waals surface area (Å²) in [5.41, 5.74) is 1.79. The van der Waals surface area contributed by atoms with Crippen molar-refractivity contribution in [2.24, 2.45) is 0 Å². The number of nitrogens with zero attached hydrogens (tertiary/aromatic N) is 1. The van der Waals surface area contributed by atoms with Crippen LogP contribution in [0.3, 0.4) is 0 Å². The smallest absolute Gasteiger partial charge is 0.238 e. The van der Waals surface area contributed by atoms with E-state index in [0.29, 0.717) is 24.6 Å². The van der Waals surface area contributed by atoms with E-state index in [9.17, 15) is 4.79 Å². The quantitative estimate of drug-likeness (QED) is 0.741. The number of para-hydroxylation sites is 3. The van der Waals surface area contributed by atoms with E-state index in [1.807, 2.05) is 49.4 Å². The molecule has 1 aliphatic heterocycles. The van der Waals surface area contributed by atoms with Crippen molar-refractivity contribution in [1.29, 1.82) is 0 Å². The van der Waals surface area contributed by atoms with E-state index in [1.165, 1.54) is 0 Å². The van der Waals surface area contributed by atoms with Crippen molar-refractivity contribution < 1.29 is 14.3 Å². The van der Waals surface area contributed by atoms with Gasteiger partial charge in [-0.15, -0.1) is 12.4 Å². The molecule has 6 nitrogen and oxygen atoms in total. The molecule has 152 valence electrons. The van der Waals surface area contributed by atoms with Gasteiger partial charge in [0, 0.05) is 25.2 Å². The zero-order valence-electron chi connectivity index (χ0n) is 16.3. The Morgan fingerprint density at radius 1 is 1.18 bits per heavy atom. The first-order valence-electron chi connectivity index (χ1n) is 9.32. The Morgan fingerprint density at radius 2 is 1.89 bits per heavy atom. The fourth-order valence-electron chi connectivity index (χ4n) is 3.41. The molecular weight excluding hydrogens is 378 g/mol. The van der Waals surface area contributed by atoms with Gasteiger partial charge in [-0.05, 0) is 25.1 Å². The Morgan fingerprint density at radius 3 is 2.64 bits per heavy atom. The van der Waals surface area contributed by atoms with Crippen molar-refractivity contribution in [2.45, 2.75) is 13.0 Å². The molecule has 7 heteroatoms. The summed E-state index contributed by atoms with van der Waals surface area (Å²) in [5, 5.41) is 6.40. The number of halogens is 1. The summed E-state index contributed by atoms with van der Waals surface area (Å²) >= 11 is 0. The maximum absolute atomic E-state index is 12.7. The summed E-state index contributed by atoms with van der Waals surface area (Å²) < 4.78 is 11.1. The lowest BCUT2D eigenvalue weighted by molar-refractivity contribution is -0.118. The molecule has 2 aromatic rings. The highest BCUT2D eigenvalue weighted by Gasteiger charge is 2.27. The van der Waals surface area contributed by atoms with Crippen molar-refractivity contribution in [3.63, 3.8) is 0 Å². The van der Waals surface area contributed by atoms with Gasteiger partial charge in [0.25, 0.3) is 0 Å². The molecule has 1 aliphatic rings. The second-order valence-electron chi connectivity index (χ2n) is 6.41. The molecule has 0 aliphatic carbocycles. The number of hydrogen-bond donors (Lipinski definition) is 2. The van der Waals surface area contributed by atoms with Crippen LogP contribution < -0.4 is 20.1 Å². The summed E-state index contributed by atoms with van der Waals surface area (Å²) in [6, 6.07) is 15.6. The number of rotatable bonds is 7. The molecule has 1 unspecified atom stereocenters. The van der Waals surface area contributed by atoms with Crippen LogP contribution in [-0.2, 0) is 4.79 Å². The molecule has 0 saturated carbocycles. The van der Waals surface area contributed by atoms with E-state index in [2.05, 4.69) is 21.6 Å². The number of anilines is 1. The minimum atomic E-state index is -0.0519. The number of methoxy groups -OCH3 is 1. The number of amides is 1. The normalized spacial score (nSPS) is 16.7. The average molecular weight is 406 g/mol. The molecule has 0 spiro atoms. The molecule has 1 fully saturated rings. The van der Waals surface area contributed by atoms with Gasteiger partial charge in [0.15, 0.2) is 0 Å². The van der Waals surface area contributed by atoms with E-state index in [0.717, 1.165) is 30.9 Å². The zero-order chi connectivity index (χ0) is 19.1. The summed E-state index contributed by atoms with van der Waals surface area (Å²) in [7, 11) is 1.68. The minimum absolute atomic E-state index is 0. The van der Waals surface area contributed by atoms with Crippen LogP contribution >= 0.6 is 12.4 Å². The molecule has 1 heterocycles. The van der Waals surface area contributed by atoms with E-state index in [1.54, 1.807) is 7.11 Å². The number of carbonyl (C=O) groups excluding carboxylic acids is 1. The van der Waals surface area contributed by atoms with Gasteiger partial charge < -0.3 is 20.1 Å². The summed E-state index contributed by atoms with van der Waals surface area (Å²) in [6.45, 7) is 5.23. The predicted octanol–water partition coefficient (Wildman–Crippen LogP) is 3.10. The third kappa shape index (κ3) is 5.38.